The Labute approximate surface area is 188 Å². The third-order valence-corrected chi connectivity index (χ3v) is 5.98. The topological polar surface area (TPSA) is 105 Å². The Morgan fingerprint density at radius 1 is 1.00 bits per heavy atom. The summed E-state index contributed by atoms with van der Waals surface area (Å²) in [5.74, 6) is -2.26. The molecule has 7 nitrogen and oxygen atoms in total. The smallest absolute Gasteiger partial charge is 0.407 e. The number of rotatable bonds is 9. The largest absolute Gasteiger partial charge is 0.481 e. The van der Waals surface area contributed by atoms with Gasteiger partial charge in [0.15, 0.2) is 0 Å². The number of carbonyl (C=O) groups is 3. The highest BCUT2D eigenvalue weighted by Crippen LogP contribution is 2.44. The molecule has 1 unspecified atom stereocenters. The molecule has 2 amide bonds. The molecule has 2 aromatic rings. The van der Waals surface area contributed by atoms with Gasteiger partial charge in [0.05, 0.1) is 5.92 Å². The lowest BCUT2D eigenvalue weighted by Crippen LogP contribution is -2.48. The molecule has 0 saturated heterocycles. The van der Waals surface area contributed by atoms with Crippen molar-refractivity contribution < 1.29 is 24.2 Å². The Morgan fingerprint density at radius 2 is 1.56 bits per heavy atom. The lowest BCUT2D eigenvalue weighted by molar-refractivity contribution is -0.143. The third kappa shape index (κ3) is 5.10. The first kappa shape index (κ1) is 23.3. The maximum Gasteiger partial charge on any atom is 0.407 e. The lowest BCUT2D eigenvalue weighted by atomic mass is 9.96. The predicted octanol–water partition coefficient (Wildman–Crippen LogP) is 3.78. The maximum absolute atomic E-state index is 12.5. The molecule has 7 heteroatoms. The highest BCUT2D eigenvalue weighted by atomic mass is 16.5. The SMILES string of the molecule is CC[C@@H](NC(=O)OCC1c2ccccc2-c2ccccc21)C(=O)NCC(C(=O)O)C(C)C. The molecule has 0 aliphatic heterocycles. The van der Waals surface area contributed by atoms with Gasteiger partial charge in [0.25, 0.3) is 0 Å². The summed E-state index contributed by atoms with van der Waals surface area (Å²) in [6.45, 7) is 5.51. The number of hydrogen-bond acceptors (Lipinski definition) is 4. The molecule has 0 heterocycles. The fourth-order valence-electron chi connectivity index (χ4n) is 4.08. The highest BCUT2D eigenvalue weighted by Gasteiger charge is 2.30. The van der Waals surface area contributed by atoms with Crippen LogP contribution in [0.5, 0.6) is 0 Å². The number of fused-ring (bicyclic) bond motifs is 3. The number of hydrogen-bond donors (Lipinski definition) is 3. The van der Waals surface area contributed by atoms with E-state index in [4.69, 9.17) is 4.74 Å². The van der Waals surface area contributed by atoms with Crippen molar-refractivity contribution in [1.82, 2.24) is 10.6 Å². The average molecular weight is 439 g/mol. The van der Waals surface area contributed by atoms with Gasteiger partial charge < -0.3 is 20.5 Å². The number of carboxylic acid groups (broad SMARTS) is 1. The van der Waals surface area contributed by atoms with E-state index < -0.39 is 29.9 Å². The van der Waals surface area contributed by atoms with E-state index in [-0.39, 0.29) is 25.0 Å². The molecule has 3 rings (SSSR count). The van der Waals surface area contributed by atoms with Crippen LogP contribution in [0.15, 0.2) is 48.5 Å². The van der Waals surface area contributed by atoms with Crippen LogP contribution >= 0.6 is 0 Å². The Hall–Kier alpha value is -3.35. The monoisotopic (exact) mass is 438 g/mol. The average Bonchev–Trinajstić information content (AvgIpc) is 3.09. The molecule has 1 aliphatic rings. The molecule has 1 aliphatic carbocycles. The molecular formula is C25H30N2O5. The normalized spacial score (nSPS) is 14.2. The first-order chi connectivity index (χ1) is 15.3. The van der Waals surface area contributed by atoms with E-state index in [0.717, 1.165) is 22.3 Å². The van der Waals surface area contributed by atoms with Gasteiger partial charge in [0.1, 0.15) is 12.6 Å². The number of nitrogens with one attached hydrogen (secondary N) is 2. The van der Waals surface area contributed by atoms with E-state index in [1.54, 1.807) is 20.8 Å². The number of carbonyl (C=O) groups excluding carboxylic acids is 2. The predicted molar refractivity (Wildman–Crippen MR) is 121 cm³/mol. The molecule has 0 saturated carbocycles. The van der Waals surface area contributed by atoms with Gasteiger partial charge in [-0.15, -0.1) is 0 Å². The van der Waals surface area contributed by atoms with Crippen LogP contribution in [-0.4, -0.2) is 42.3 Å². The van der Waals surface area contributed by atoms with Crippen LogP contribution in [0.3, 0.4) is 0 Å². The van der Waals surface area contributed by atoms with E-state index in [2.05, 4.69) is 22.8 Å². The van der Waals surface area contributed by atoms with Gasteiger partial charge in [0.2, 0.25) is 5.91 Å². The summed E-state index contributed by atoms with van der Waals surface area (Å²) in [5.41, 5.74) is 4.50. The van der Waals surface area contributed by atoms with Gasteiger partial charge in [0, 0.05) is 12.5 Å². The van der Waals surface area contributed by atoms with Crippen molar-refractivity contribution >= 4 is 18.0 Å². The van der Waals surface area contributed by atoms with Gasteiger partial charge in [-0.3, -0.25) is 9.59 Å². The van der Waals surface area contributed by atoms with Crippen LogP contribution in [0, 0.1) is 11.8 Å². The Kier molecular flexibility index (Phi) is 7.51. The molecule has 0 spiro atoms. The van der Waals surface area contributed by atoms with Crippen molar-refractivity contribution in [3.05, 3.63) is 59.7 Å². The Balaban J connectivity index is 1.58. The first-order valence-electron chi connectivity index (χ1n) is 11.0. The molecular weight excluding hydrogens is 408 g/mol. The third-order valence-electron chi connectivity index (χ3n) is 5.98. The zero-order valence-electron chi connectivity index (χ0n) is 18.6. The summed E-state index contributed by atoms with van der Waals surface area (Å²) in [4.78, 5) is 36.2. The summed E-state index contributed by atoms with van der Waals surface area (Å²) in [6.07, 6.45) is -0.317. The number of aliphatic carboxylic acids is 1. The van der Waals surface area contributed by atoms with Gasteiger partial charge in [-0.1, -0.05) is 69.3 Å². The summed E-state index contributed by atoms with van der Waals surface area (Å²) < 4.78 is 5.50. The van der Waals surface area contributed by atoms with Crippen LogP contribution in [0.1, 0.15) is 44.2 Å². The van der Waals surface area contributed by atoms with Crippen LogP contribution in [-0.2, 0) is 14.3 Å². The molecule has 0 fully saturated rings. The number of ether oxygens (including phenoxy) is 1. The second kappa shape index (κ2) is 10.3. The fourth-order valence-corrected chi connectivity index (χ4v) is 4.08. The summed E-state index contributed by atoms with van der Waals surface area (Å²) >= 11 is 0. The number of carboxylic acids is 1. The Bertz CT molecular complexity index is 942. The van der Waals surface area contributed by atoms with Gasteiger partial charge in [-0.05, 0) is 34.6 Å². The lowest BCUT2D eigenvalue weighted by Gasteiger charge is -2.21. The van der Waals surface area contributed by atoms with Crippen LogP contribution in [0.2, 0.25) is 0 Å². The summed E-state index contributed by atoms with van der Waals surface area (Å²) in [6, 6.07) is 15.3. The molecule has 0 bridgehead atoms. The summed E-state index contributed by atoms with van der Waals surface area (Å²) in [5, 5.41) is 14.5. The zero-order chi connectivity index (χ0) is 23.3. The standard InChI is InChI=1S/C25H30N2O5/c1-4-22(23(28)26-13-20(15(2)3)24(29)30)27-25(31)32-14-21-18-11-7-5-9-16(18)17-10-6-8-12-19(17)21/h5-12,15,20-22H,4,13-14H2,1-3H3,(H,26,28)(H,27,31)(H,29,30)/t20?,22-/m1/s1. The minimum Gasteiger partial charge on any atom is -0.481 e. The van der Waals surface area contributed by atoms with Crippen molar-refractivity contribution in [2.24, 2.45) is 11.8 Å². The van der Waals surface area contributed by atoms with Crippen molar-refractivity contribution in [3.63, 3.8) is 0 Å². The molecule has 0 radical (unpaired) electrons. The number of amides is 2. The van der Waals surface area contributed by atoms with Gasteiger partial charge in [-0.2, -0.15) is 0 Å². The zero-order valence-corrected chi connectivity index (χ0v) is 18.6. The number of benzene rings is 2. The van der Waals surface area contributed by atoms with E-state index in [1.165, 1.54) is 0 Å². The van der Waals surface area contributed by atoms with Crippen molar-refractivity contribution in [2.75, 3.05) is 13.2 Å². The highest BCUT2D eigenvalue weighted by molar-refractivity contribution is 5.86. The molecule has 2 aromatic carbocycles. The molecule has 2 atom stereocenters. The van der Waals surface area contributed by atoms with Gasteiger partial charge in [-0.25, -0.2) is 4.79 Å². The van der Waals surface area contributed by atoms with E-state index in [9.17, 15) is 19.5 Å². The van der Waals surface area contributed by atoms with Crippen molar-refractivity contribution in [2.45, 2.75) is 39.2 Å². The quantitative estimate of drug-likeness (QED) is 0.553. The van der Waals surface area contributed by atoms with Crippen molar-refractivity contribution in [1.29, 1.82) is 0 Å². The van der Waals surface area contributed by atoms with Crippen LogP contribution < -0.4 is 10.6 Å². The summed E-state index contributed by atoms with van der Waals surface area (Å²) in [7, 11) is 0. The second-order valence-corrected chi connectivity index (χ2v) is 8.36. The fraction of sp³-hybridized carbons (Fsp3) is 0.400. The number of alkyl carbamates (subject to hydrolysis) is 1. The Morgan fingerprint density at radius 3 is 2.06 bits per heavy atom. The molecule has 3 N–H and O–H groups in total. The minimum atomic E-state index is -0.960. The van der Waals surface area contributed by atoms with Crippen LogP contribution in [0.4, 0.5) is 4.79 Å². The first-order valence-corrected chi connectivity index (χ1v) is 11.0. The van der Waals surface area contributed by atoms with E-state index >= 15 is 0 Å². The maximum atomic E-state index is 12.5. The van der Waals surface area contributed by atoms with E-state index in [1.807, 2.05) is 36.4 Å². The molecule has 170 valence electrons. The van der Waals surface area contributed by atoms with Crippen molar-refractivity contribution in [3.8, 4) is 11.1 Å². The van der Waals surface area contributed by atoms with E-state index in [0.29, 0.717) is 6.42 Å². The molecule has 32 heavy (non-hydrogen) atoms. The van der Waals surface area contributed by atoms with Crippen LogP contribution in [0.25, 0.3) is 11.1 Å². The van der Waals surface area contributed by atoms with Gasteiger partial charge >= 0.3 is 12.1 Å². The molecule has 0 aromatic heterocycles. The second-order valence-electron chi connectivity index (χ2n) is 8.36. The minimum absolute atomic E-state index is 0.00863.